The number of aliphatic hydroxyl groups excluding tert-OH is 5. The van der Waals surface area contributed by atoms with Crippen molar-refractivity contribution >= 4 is 38.6 Å². The molecule has 0 saturated carbocycles. The van der Waals surface area contributed by atoms with Crippen LogP contribution in [0.3, 0.4) is 0 Å². The summed E-state index contributed by atoms with van der Waals surface area (Å²) in [5.41, 5.74) is 0. The average molecular weight is 748 g/mol. The van der Waals surface area contributed by atoms with Crippen LogP contribution in [0.5, 0.6) is 0 Å². The van der Waals surface area contributed by atoms with Crippen LogP contribution in [0.2, 0.25) is 0 Å². The van der Waals surface area contributed by atoms with Crippen LogP contribution in [0.25, 0.3) is 0 Å². The maximum Gasteiger partial charge on any atom is 0.397 e. The molecule has 15 atom stereocenters. The molecule has 10 N–H and O–H groups in total. The van der Waals surface area contributed by atoms with Gasteiger partial charge in [0.05, 0.1) is 6.61 Å². The van der Waals surface area contributed by atoms with E-state index in [0.717, 1.165) is 14.0 Å². The molecular formula is C21H33NO24S2. The first kappa shape index (κ1) is 40.1. The largest absolute Gasteiger partial charge is 0.479 e. The molecule has 48 heavy (non-hydrogen) atoms. The van der Waals surface area contributed by atoms with E-state index in [4.69, 9.17) is 28.4 Å². The summed E-state index contributed by atoms with van der Waals surface area (Å²) >= 11 is 0. The van der Waals surface area contributed by atoms with Crippen molar-refractivity contribution in [3.8, 4) is 0 Å². The normalized spacial score (nSPS) is 41.0. The lowest BCUT2D eigenvalue weighted by Crippen LogP contribution is -2.70. The summed E-state index contributed by atoms with van der Waals surface area (Å²) in [5.74, 6) is -4.77. The molecule has 1 amide bonds. The van der Waals surface area contributed by atoms with Crippen molar-refractivity contribution in [2.75, 3.05) is 13.7 Å². The Morgan fingerprint density at radius 1 is 0.688 bits per heavy atom. The highest BCUT2D eigenvalue weighted by Crippen LogP contribution is 2.34. The third-order valence-electron chi connectivity index (χ3n) is 7.06. The predicted octanol–water partition coefficient (Wildman–Crippen LogP) is -6.94. The van der Waals surface area contributed by atoms with E-state index in [2.05, 4.69) is 13.7 Å². The molecule has 0 radical (unpaired) electrons. The highest BCUT2D eigenvalue weighted by molar-refractivity contribution is 7.81. The minimum atomic E-state index is -5.51. The van der Waals surface area contributed by atoms with Crippen molar-refractivity contribution in [2.45, 2.75) is 99.0 Å². The number of ether oxygens (including phenoxy) is 6. The number of aliphatic hydroxyl groups is 5. The highest BCUT2D eigenvalue weighted by atomic mass is 32.3. The zero-order valence-electron chi connectivity index (χ0n) is 24.3. The van der Waals surface area contributed by atoms with Crippen LogP contribution in [0, 0.1) is 0 Å². The number of nitrogens with one attached hydrogen (secondary N) is 1. The molecule has 27 heteroatoms. The van der Waals surface area contributed by atoms with E-state index < -0.39 is 137 Å². The SMILES string of the molecule is CO[C@@H]1O[C@@H](C(=O)O)[C@@H](O[C@@H]2O[C@H](CO)[C@H](O)[C@H](O[C@@H]3O[C@@H](C(=O)O)[C@@H](O)[C@H](O)[C@H]3OS(=O)(=O)O)[C@H]2NC(C)=O)[C@H](O)[C@H]1OS(=O)(=O)O. The summed E-state index contributed by atoms with van der Waals surface area (Å²) in [6, 6.07) is -1.95. The lowest BCUT2D eigenvalue weighted by Gasteiger charge is -2.49. The molecule has 25 nitrogen and oxygen atoms in total. The number of carbonyl (C=O) groups excluding carboxylic acids is 1. The molecule has 0 spiro atoms. The first-order valence-corrected chi connectivity index (χ1v) is 16.0. The number of rotatable bonds is 13. The van der Waals surface area contributed by atoms with E-state index in [-0.39, 0.29) is 0 Å². The summed E-state index contributed by atoms with van der Waals surface area (Å²) in [6.07, 6.45) is -31.5. The fourth-order valence-corrected chi connectivity index (χ4v) is 6.02. The van der Waals surface area contributed by atoms with Gasteiger partial charge in [0.2, 0.25) is 5.91 Å². The first-order chi connectivity index (χ1) is 22.1. The van der Waals surface area contributed by atoms with Crippen molar-refractivity contribution in [3.05, 3.63) is 0 Å². The van der Waals surface area contributed by atoms with Crippen molar-refractivity contribution in [3.63, 3.8) is 0 Å². The molecule has 0 aromatic rings. The fourth-order valence-electron chi connectivity index (χ4n) is 5.05. The van der Waals surface area contributed by atoms with E-state index in [9.17, 15) is 76.1 Å². The number of hydrogen-bond acceptors (Lipinski definition) is 20. The van der Waals surface area contributed by atoms with Crippen LogP contribution < -0.4 is 5.32 Å². The monoisotopic (exact) mass is 747 g/mol. The van der Waals surface area contributed by atoms with E-state index in [1.54, 1.807) is 0 Å². The Bertz CT molecular complexity index is 1380. The van der Waals surface area contributed by atoms with Crippen molar-refractivity contribution < 1.29 is 113 Å². The van der Waals surface area contributed by atoms with Crippen molar-refractivity contribution in [2.24, 2.45) is 0 Å². The summed E-state index contributed by atoms with van der Waals surface area (Å²) in [5, 5.41) is 73.8. The Balaban J connectivity index is 2.06. The van der Waals surface area contributed by atoms with Gasteiger partial charge in [0, 0.05) is 14.0 Å². The van der Waals surface area contributed by atoms with Gasteiger partial charge in [0.15, 0.2) is 43.3 Å². The van der Waals surface area contributed by atoms with Gasteiger partial charge in [0.25, 0.3) is 0 Å². The van der Waals surface area contributed by atoms with E-state index >= 15 is 0 Å². The number of carbonyl (C=O) groups is 3. The third kappa shape index (κ3) is 9.48. The molecule has 278 valence electrons. The molecule has 3 heterocycles. The van der Waals surface area contributed by atoms with E-state index in [1.165, 1.54) is 0 Å². The minimum absolute atomic E-state index is 0.887. The Labute approximate surface area is 269 Å². The van der Waals surface area contributed by atoms with E-state index in [0.29, 0.717) is 0 Å². The molecule has 3 saturated heterocycles. The summed E-state index contributed by atoms with van der Waals surface area (Å²) in [4.78, 5) is 36.0. The van der Waals surface area contributed by atoms with Gasteiger partial charge in [-0.2, -0.15) is 16.8 Å². The van der Waals surface area contributed by atoms with Crippen LogP contribution in [0.4, 0.5) is 0 Å². The number of carboxylic acids is 2. The number of hydrogen-bond donors (Lipinski definition) is 10. The number of methoxy groups -OCH3 is 1. The standard InChI is InChI=1S/C21H33NO24S2/c1-4(24)22-6-11(41-21-14(45-47(33,34)35)9(27)8(26)13(43-21)17(29)30)7(25)5(3-23)40-19(6)42-12-10(28)15(46-48(36,37)38)20(39-2)44-16(12)18(31)32/h5-16,19-21,23,25-28H,3H2,1-2H3,(H,22,24)(H,29,30)(H,31,32)(H,33,34,35)(H,36,37,38)/t5-,6-,7+,8+,9+,10+,11-,12+,13-,14-,15-,16-,19+,20-,21-/m1/s1. The van der Waals surface area contributed by atoms with Crippen LogP contribution >= 0.6 is 0 Å². The van der Waals surface area contributed by atoms with Gasteiger partial charge in [-0.15, -0.1) is 0 Å². The Hall–Kier alpha value is -2.29. The molecule has 0 aromatic heterocycles. The van der Waals surface area contributed by atoms with Crippen molar-refractivity contribution in [1.29, 1.82) is 0 Å². The average Bonchev–Trinajstić information content (AvgIpc) is 2.95. The van der Waals surface area contributed by atoms with Gasteiger partial charge in [-0.3, -0.25) is 13.9 Å². The lowest BCUT2D eigenvalue weighted by molar-refractivity contribution is -0.356. The maximum atomic E-state index is 12.2. The predicted molar refractivity (Wildman–Crippen MR) is 140 cm³/mol. The number of aliphatic carboxylic acids is 2. The second-order valence-corrected chi connectivity index (χ2v) is 12.5. The van der Waals surface area contributed by atoms with Crippen LogP contribution in [0.15, 0.2) is 0 Å². The third-order valence-corrected chi connectivity index (χ3v) is 7.99. The van der Waals surface area contributed by atoms with Gasteiger partial charge in [-0.25, -0.2) is 18.0 Å². The zero-order chi connectivity index (χ0) is 36.5. The van der Waals surface area contributed by atoms with Crippen molar-refractivity contribution in [1.82, 2.24) is 5.32 Å². The number of amides is 1. The molecule has 3 aliphatic rings. The molecule has 0 aromatic carbocycles. The van der Waals surface area contributed by atoms with Gasteiger partial charge in [-0.1, -0.05) is 0 Å². The second-order valence-electron chi connectivity index (χ2n) is 10.4. The smallest absolute Gasteiger partial charge is 0.397 e. The van der Waals surface area contributed by atoms with E-state index in [1.807, 2.05) is 0 Å². The number of carboxylic acid groups (broad SMARTS) is 2. The maximum absolute atomic E-state index is 12.2. The van der Waals surface area contributed by atoms with Gasteiger partial charge in [0.1, 0.15) is 48.8 Å². The summed E-state index contributed by atoms with van der Waals surface area (Å²) in [7, 11) is -9.99. The van der Waals surface area contributed by atoms with Gasteiger partial charge >= 0.3 is 32.7 Å². The molecule has 0 bridgehead atoms. The minimum Gasteiger partial charge on any atom is -0.479 e. The molecule has 3 aliphatic heterocycles. The van der Waals surface area contributed by atoms with Crippen LogP contribution in [-0.2, 0) is 72.0 Å². The lowest BCUT2D eigenvalue weighted by atomic mass is 9.94. The molecular weight excluding hydrogens is 714 g/mol. The topological polar surface area (TPSA) is 387 Å². The first-order valence-electron chi connectivity index (χ1n) is 13.3. The van der Waals surface area contributed by atoms with Crippen LogP contribution in [0.1, 0.15) is 6.92 Å². The molecule has 0 aliphatic carbocycles. The van der Waals surface area contributed by atoms with Gasteiger partial charge in [-0.05, 0) is 0 Å². The van der Waals surface area contributed by atoms with Crippen LogP contribution in [-0.4, -0.2) is 185 Å². The molecule has 3 rings (SSSR count). The summed E-state index contributed by atoms with van der Waals surface area (Å²) in [6.45, 7) is -0.228. The summed E-state index contributed by atoms with van der Waals surface area (Å²) < 4.78 is 104. The quantitative estimate of drug-likeness (QED) is 0.0782. The molecule has 3 fully saturated rings. The highest BCUT2D eigenvalue weighted by Gasteiger charge is 2.57. The van der Waals surface area contributed by atoms with Gasteiger partial charge < -0.3 is 69.5 Å². The second kappa shape index (κ2) is 15.7. The Kier molecular flexibility index (Phi) is 13.1. The fraction of sp³-hybridized carbons (Fsp3) is 0.857. The Morgan fingerprint density at radius 3 is 1.65 bits per heavy atom. The zero-order valence-corrected chi connectivity index (χ0v) is 26.0. The Morgan fingerprint density at radius 2 is 1.19 bits per heavy atom. The molecule has 0 unspecified atom stereocenters.